The van der Waals surface area contributed by atoms with E-state index in [9.17, 15) is 29.6 Å². The zero-order valence-corrected chi connectivity index (χ0v) is 25.0. The molecule has 208 valence electrons. The number of thioether (sulfide) groups is 2. The maximum absolute atomic E-state index is 13.3. The van der Waals surface area contributed by atoms with Crippen LogP contribution in [0.1, 0.15) is 33.3 Å². The number of aliphatic carboxylic acids is 1. The molecule has 0 aromatic heterocycles. The Morgan fingerprint density at radius 3 is 2.39 bits per heavy atom. The van der Waals surface area contributed by atoms with Crippen LogP contribution >= 0.6 is 23.5 Å². The van der Waals surface area contributed by atoms with E-state index in [4.69, 9.17) is 9.16 Å². The summed E-state index contributed by atoms with van der Waals surface area (Å²) in [4.78, 5) is 48.9. The fraction of sp³-hybridized carbons (Fsp3) is 0.542. The summed E-state index contributed by atoms with van der Waals surface area (Å²) >= 11 is 2.63. The third kappa shape index (κ3) is 6.19. The Hall–Kier alpha value is -2.55. The fourth-order valence-corrected chi connectivity index (χ4v) is 8.66. The molecule has 1 unspecified atom stereocenters. The van der Waals surface area contributed by atoms with Gasteiger partial charge in [0.1, 0.15) is 12.0 Å². The number of β-lactam (4-membered cyclic amide) rings is 1. The zero-order chi connectivity index (χ0) is 28.4. The van der Waals surface area contributed by atoms with Crippen LogP contribution in [0.15, 0.2) is 34.2 Å². The van der Waals surface area contributed by atoms with Crippen LogP contribution in [0.25, 0.3) is 0 Å². The minimum Gasteiger partial charge on any atom is -0.477 e. The Kier molecular flexibility index (Phi) is 9.22. The summed E-state index contributed by atoms with van der Waals surface area (Å²) in [6.07, 6.45) is -0.662. The monoisotopic (exact) mass is 583 g/mol. The van der Waals surface area contributed by atoms with Crippen molar-refractivity contribution in [3.8, 4) is 0 Å². The van der Waals surface area contributed by atoms with Crippen molar-refractivity contribution in [3.63, 3.8) is 0 Å². The van der Waals surface area contributed by atoms with Crippen molar-refractivity contribution in [3.05, 3.63) is 49.9 Å². The van der Waals surface area contributed by atoms with Crippen molar-refractivity contribution in [2.45, 2.75) is 58.4 Å². The predicted octanol–water partition coefficient (Wildman–Crippen LogP) is 4.14. The van der Waals surface area contributed by atoms with E-state index < -0.39 is 37.5 Å². The summed E-state index contributed by atoms with van der Waals surface area (Å²) in [7, 11) is -1.51. The van der Waals surface area contributed by atoms with Crippen molar-refractivity contribution in [1.29, 1.82) is 0 Å². The molecule has 1 aromatic rings. The molecule has 0 bridgehead atoms. The second-order valence-corrected chi connectivity index (χ2v) is 15.3. The Morgan fingerprint density at radius 2 is 1.87 bits per heavy atom. The quantitative estimate of drug-likeness (QED) is 0.128. The Balaban J connectivity index is 1.56. The molecular weight excluding hydrogens is 550 g/mol. The van der Waals surface area contributed by atoms with Crippen LogP contribution < -0.4 is 5.32 Å². The third-order valence-electron chi connectivity index (χ3n) is 6.59. The number of nitrogens with one attached hydrogen (secondary N) is 1. The molecule has 3 rings (SSSR count). The van der Waals surface area contributed by atoms with Crippen molar-refractivity contribution in [2.75, 3.05) is 12.3 Å². The number of amides is 2. The van der Waals surface area contributed by atoms with E-state index in [1.165, 1.54) is 52.7 Å². The number of hydrogen-bond donors (Lipinski definition) is 2. The molecule has 0 spiro atoms. The van der Waals surface area contributed by atoms with Gasteiger partial charge in [-0.15, -0.1) is 11.8 Å². The lowest BCUT2D eigenvalue weighted by Gasteiger charge is -2.56. The van der Waals surface area contributed by atoms with Crippen LogP contribution in [0.4, 0.5) is 10.5 Å². The minimum atomic E-state index is -1.51. The molecule has 2 aliphatic heterocycles. The third-order valence-corrected chi connectivity index (χ3v) is 10.2. The number of nitro groups is 1. The number of benzene rings is 1. The van der Waals surface area contributed by atoms with Gasteiger partial charge >= 0.3 is 12.1 Å². The second kappa shape index (κ2) is 11.7. The van der Waals surface area contributed by atoms with Gasteiger partial charge in [-0.1, -0.05) is 32.5 Å². The number of carboxylic acids is 1. The molecule has 2 aliphatic rings. The average molecular weight is 584 g/mol. The number of hydrogen-bond acceptors (Lipinski definition) is 9. The number of non-ortho nitro benzene ring substituents is 1. The van der Waals surface area contributed by atoms with Gasteiger partial charge in [0.25, 0.3) is 5.69 Å². The largest absolute Gasteiger partial charge is 0.477 e. The zero-order valence-electron chi connectivity index (χ0n) is 22.2. The van der Waals surface area contributed by atoms with E-state index in [0.717, 1.165) is 0 Å². The molecule has 0 radical (unpaired) electrons. The molecule has 1 fully saturated rings. The van der Waals surface area contributed by atoms with Gasteiger partial charge in [-0.3, -0.25) is 19.8 Å². The van der Waals surface area contributed by atoms with Gasteiger partial charge in [0.05, 0.1) is 20.7 Å². The molecule has 0 aliphatic carbocycles. The van der Waals surface area contributed by atoms with Crippen LogP contribution in [0.3, 0.4) is 0 Å². The average Bonchev–Trinajstić information content (AvgIpc) is 3.13. The highest BCUT2D eigenvalue weighted by molar-refractivity contribution is 8.22. The van der Waals surface area contributed by atoms with Gasteiger partial charge in [0.2, 0.25) is 5.91 Å². The Morgan fingerprint density at radius 1 is 1.24 bits per heavy atom. The Bertz CT molecular complexity index is 1140. The number of rotatable bonds is 11. The van der Waals surface area contributed by atoms with Gasteiger partial charge in [0, 0.05) is 24.4 Å². The van der Waals surface area contributed by atoms with Crippen molar-refractivity contribution in [2.24, 2.45) is 11.3 Å². The lowest BCUT2D eigenvalue weighted by molar-refractivity contribution is -0.384. The van der Waals surface area contributed by atoms with E-state index in [2.05, 4.69) is 18.4 Å². The molecule has 1 saturated heterocycles. The fourth-order valence-electron chi connectivity index (χ4n) is 4.30. The highest BCUT2D eigenvalue weighted by atomic mass is 32.2. The first kappa shape index (κ1) is 30.0. The molecular formula is C24H33N3O8S2Si. The standard InChI is InChI=1S/C24H33N3O8S2Si/c1-23(2,3)24(4,35-38(5)6)16-18(28)26-17(20(29)30)21(37-19(16)26)36-12-11-25-22(31)34-13-14-7-9-15(10-8-14)27(32)33/h7-10,16,19,38H,11-13H2,1-6H3,(H,25,31)(H,29,30)/t16-,19+,24?/m0/s1. The van der Waals surface area contributed by atoms with Crippen LogP contribution in [0.2, 0.25) is 13.1 Å². The molecule has 14 heteroatoms. The SMILES string of the molecule is C[SiH](C)OC(C)([C@H]1C(=O)N2C(C(=O)O)=C(SCCNC(=O)OCc3ccc([N+](=O)[O-])cc3)S[C@H]12)C(C)(C)C. The lowest BCUT2D eigenvalue weighted by Crippen LogP contribution is -2.69. The molecule has 1 aromatic carbocycles. The number of carbonyl (C=O) groups is 3. The number of nitrogens with zero attached hydrogens (tertiary/aromatic N) is 2. The second-order valence-electron chi connectivity index (χ2n) is 10.4. The first-order valence-electron chi connectivity index (χ1n) is 12.1. The van der Waals surface area contributed by atoms with Gasteiger partial charge in [-0.25, -0.2) is 9.59 Å². The minimum absolute atomic E-state index is 0.0231. The topological polar surface area (TPSA) is 148 Å². The van der Waals surface area contributed by atoms with E-state index in [0.29, 0.717) is 15.6 Å². The molecule has 38 heavy (non-hydrogen) atoms. The van der Waals surface area contributed by atoms with Crippen LogP contribution in [-0.2, 0) is 25.4 Å². The maximum Gasteiger partial charge on any atom is 0.407 e. The first-order valence-corrected chi connectivity index (χ1v) is 16.7. The first-order chi connectivity index (χ1) is 17.7. The summed E-state index contributed by atoms with van der Waals surface area (Å²) in [6, 6.07) is 5.69. The summed E-state index contributed by atoms with van der Waals surface area (Å²) in [5, 5.41) is 22.8. The lowest BCUT2D eigenvalue weighted by atomic mass is 9.66. The van der Waals surface area contributed by atoms with Gasteiger partial charge < -0.3 is 19.6 Å². The van der Waals surface area contributed by atoms with Crippen molar-refractivity contribution in [1.82, 2.24) is 10.2 Å². The summed E-state index contributed by atoms with van der Waals surface area (Å²) in [5.41, 5.74) is -0.545. The smallest absolute Gasteiger partial charge is 0.407 e. The van der Waals surface area contributed by atoms with Crippen LogP contribution in [-0.4, -0.2) is 65.2 Å². The molecule has 0 saturated carbocycles. The van der Waals surface area contributed by atoms with Crippen LogP contribution in [0.5, 0.6) is 0 Å². The normalized spacial score (nSPS) is 20.6. The number of carbonyl (C=O) groups excluding carboxylic acids is 2. The maximum atomic E-state index is 13.3. The van der Waals surface area contributed by atoms with E-state index in [1.54, 1.807) is 0 Å². The summed E-state index contributed by atoms with van der Waals surface area (Å²) < 4.78 is 12.1. The molecule has 2 N–H and O–H groups in total. The predicted molar refractivity (Wildman–Crippen MR) is 148 cm³/mol. The van der Waals surface area contributed by atoms with Gasteiger partial charge in [-0.2, -0.15) is 0 Å². The summed E-state index contributed by atoms with van der Waals surface area (Å²) in [6.45, 7) is 12.3. The van der Waals surface area contributed by atoms with Gasteiger partial charge in [0.15, 0.2) is 14.7 Å². The van der Waals surface area contributed by atoms with Gasteiger partial charge in [-0.05, 0) is 43.1 Å². The highest BCUT2D eigenvalue weighted by Crippen LogP contribution is 2.58. The van der Waals surface area contributed by atoms with Crippen molar-refractivity contribution >= 4 is 56.2 Å². The number of nitro benzene ring substituents is 1. The summed E-state index contributed by atoms with van der Waals surface area (Å²) in [5.74, 6) is -1.50. The van der Waals surface area contributed by atoms with Crippen LogP contribution in [0, 0.1) is 21.4 Å². The van der Waals surface area contributed by atoms with E-state index >= 15 is 0 Å². The van der Waals surface area contributed by atoms with Crippen molar-refractivity contribution < 1.29 is 33.6 Å². The number of ether oxygens (including phenoxy) is 1. The molecule has 2 amide bonds. The molecule has 11 nitrogen and oxygen atoms in total. The number of carboxylic acid groups (broad SMARTS) is 1. The highest BCUT2D eigenvalue weighted by Gasteiger charge is 2.65. The van der Waals surface area contributed by atoms with E-state index in [1.807, 2.05) is 27.7 Å². The Labute approximate surface area is 231 Å². The molecule has 3 atom stereocenters. The number of fused-ring (bicyclic) bond motifs is 1. The van der Waals surface area contributed by atoms with E-state index in [-0.39, 0.29) is 41.2 Å². The molecule has 2 heterocycles. The number of alkyl carbamates (subject to hydrolysis) is 1.